The number of carbonyl (C=O) groups excluding carboxylic acids is 10. The maximum atomic E-state index is 15.4. The molecule has 0 saturated carbocycles. The van der Waals surface area contributed by atoms with Crippen molar-refractivity contribution >= 4 is 65.8 Å². The summed E-state index contributed by atoms with van der Waals surface area (Å²) < 4.78 is 31.8. The van der Waals surface area contributed by atoms with Crippen LogP contribution in [0.5, 0.6) is 0 Å². The molecule has 2 heterocycles. The van der Waals surface area contributed by atoms with E-state index in [1.165, 1.54) is 24.1 Å². The molecule has 0 spiro atoms. The minimum absolute atomic E-state index is 0.0829. The molecule has 1 aliphatic rings. The molecule has 10 amide bonds. The monoisotopic (exact) mass is 1100 g/mol. The van der Waals surface area contributed by atoms with Crippen molar-refractivity contribution in [3.63, 3.8) is 0 Å². The number of aliphatic hydroxyl groups excluding tert-OH is 2. The normalized spacial score (nSPS) is 14.4. The van der Waals surface area contributed by atoms with Crippen molar-refractivity contribution in [1.82, 2.24) is 46.3 Å². The molecule has 3 aromatic rings. The molecule has 4 rings (SSSR count). The number of hydrogen-bond donors (Lipinski definition) is 9. The SMILES string of the molecule is C=N/C=C\C(=C/C)CC(=O)N[C@@H](C)C(=O)N[C@H](CO)C(=O)N[C@@H](CC(N)=O)C(=O)N[C@@H](CCN(C(=O)CO)[C@@H](c1cc(-c2cc(F)ccc2F)cn1Cc1ccccc1)C(C)(C)C)C(=O)NCCNC(=O)CN1C(=O)C=CC1=O. The minimum Gasteiger partial charge on any atom is -0.394 e. The molecule has 2 aromatic carbocycles. The van der Waals surface area contributed by atoms with Crippen molar-refractivity contribution in [2.75, 3.05) is 39.4 Å². The predicted molar refractivity (Wildman–Crippen MR) is 284 cm³/mol. The van der Waals surface area contributed by atoms with E-state index in [9.17, 15) is 62.5 Å². The van der Waals surface area contributed by atoms with Crippen LogP contribution < -0.4 is 37.6 Å². The van der Waals surface area contributed by atoms with E-state index < -0.39 is 145 Å². The number of nitrogens with zero attached hydrogens (tertiary/aromatic N) is 4. The number of rotatable bonds is 29. The van der Waals surface area contributed by atoms with E-state index in [0.717, 1.165) is 35.9 Å². The highest BCUT2D eigenvalue weighted by Gasteiger charge is 2.39. The highest BCUT2D eigenvalue weighted by molar-refractivity contribution is 6.14. The Bertz CT molecular complexity index is 2830. The lowest BCUT2D eigenvalue weighted by Crippen LogP contribution is -2.59. The number of amides is 10. The van der Waals surface area contributed by atoms with Gasteiger partial charge >= 0.3 is 0 Å². The topological polar surface area (TPSA) is 333 Å². The first-order valence-corrected chi connectivity index (χ1v) is 25.0. The molecule has 5 atom stereocenters. The summed E-state index contributed by atoms with van der Waals surface area (Å²) in [6.45, 7) is 8.13. The molecule has 0 bridgehead atoms. The molecule has 25 heteroatoms. The van der Waals surface area contributed by atoms with Gasteiger partial charge in [-0.3, -0.25) is 57.8 Å². The van der Waals surface area contributed by atoms with Gasteiger partial charge in [0.1, 0.15) is 49.0 Å². The van der Waals surface area contributed by atoms with Crippen LogP contribution in [0.3, 0.4) is 0 Å². The highest BCUT2D eigenvalue weighted by Crippen LogP contribution is 2.41. The number of primary amides is 1. The van der Waals surface area contributed by atoms with E-state index in [0.29, 0.717) is 16.2 Å². The summed E-state index contributed by atoms with van der Waals surface area (Å²) in [6, 6.07) is 6.08. The first-order chi connectivity index (χ1) is 37.4. The van der Waals surface area contributed by atoms with Crippen LogP contribution in [0, 0.1) is 17.0 Å². The number of nitrogens with one attached hydrogen (secondary N) is 6. The second-order valence-electron chi connectivity index (χ2n) is 19.3. The Balaban J connectivity index is 1.66. The lowest BCUT2D eigenvalue weighted by atomic mass is 9.82. The smallest absolute Gasteiger partial charge is 0.254 e. The van der Waals surface area contributed by atoms with Gasteiger partial charge in [0.15, 0.2) is 0 Å². The summed E-state index contributed by atoms with van der Waals surface area (Å²) in [7, 11) is 0. The number of imide groups is 1. The van der Waals surface area contributed by atoms with Gasteiger partial charge in [0, 0.05) is 67.5 Å². The van der Waals surface area contributed by atoms with Crippen LogP contribution in [0.15, 0.2) is 102 Å². The largest absolute Gasteiger partial charge is 0.394 e. The average Bonchev–Trinajstić information content (AvgIpc) is 4.09. The third-order valence-electron chi connectivity index (χ3n) is 12.2. The van der Waals surface area contributed by atoms with Gasteiger partial charge in [0.2, 0.25) is 47.3 Å². The van der Waals surface area contributed by atoms with Gasteiger partial charge in [-0.1, -0.05) is 57.2 Å². The Labute approximate surface area is 454 Å². The van der Waals surface area contributed by atoms with Crippen LogP contribution >= 0.6 is 0 Å². The standard InChI is InChI=1S/C54H67F2N11O12/c1-7-33(17-19-58-6)23-44(71)61-32(2)50(76)64-41(30-68)53(79)63-40(26-43(57)70)52(78)62-39(51(77)60-21-20-59-45(72)29-67-46(73)15-16-47(67)74)18-22-66(48(75)31-69)49(54(3,4)5)42-24-35(37-25-36(55)13-14-38(37)56)28-65(42)27-34-11-9-8-10-12-34/h7-17,19,24-25,28,32,39-41,49,68-69H,6,18,20-23,26-27,29-31H2,1-5H3,(H2,57,70)(H,59,72)(H,60,77)(H,61,71)(H,62,78)(H,63,79)(H,64,76)/b19-17-,33-7+/t32-,39-,40-,41+,49-/m0/s1. The number of aliphatic hydroxyl groups is 2. The summed E-state index contributed by atoms with van der Waals surface area (Å²) in [6.07, 6.45) is 6.64. The Morgan fingerprint density at radius 3 is 2.06 bits per heavy atom. The van der Waals surface area contributed by atoms with E-state index in [1.807, 2.05) is 18.2 Å². The number of hydrogen-bond acceptors (Lipinski definition) is 13. The first kappa shape index (κ1) is 62.8. The summed E-state index contributed by atoms with van der Waals surface area (Å²) in [5.41, 5.74) is 6.47. The molecule has 1 aromatic heterocycles. The van der Waals surface area contributed by atoms with Crippen molar-refractivity contribution in [3.8, 4) is 11.1 Å². The van der Waals surface area contributed by atoms with Crippen molar-refractivity contribution in [2.45, 2.75) is 90.6 Å². The van der Waals surface area contributed by atoms with Crippen LogP contribution in [0.2, 0.25) is 0 Å². The molecular formula is C54H67F2N11O12. The third kappa shape index (κ3) is 18.8. The average molecular weight is 1100 g/mol. The lowest BCUT2D eigenvalue weighted by Gasteiger charge is -2.41. The zero-order valence-electron chi connectivity index (χ0n) is 44.4. The number of nitrogens with two attached hydrogens (primary N) is 1. The van der Waals surface area contributed by atoms with Gasteiger partial charge in [0.05, 0.1) is 25.5 Å². The fraction of sp³-hybridized carbons (Fsp3) is 0.389. The summed E-state index contributed by atoms with van der Waals surface area (Å²) in [4.78, 5) is 136. The number of allylic oxidation sites excluding steroid dienone is 2. The summed E-state index contributed by atoms with van der Waals surface area (Å²) in [5.74, 6) is -10.4. The fourth-order valence-electron chi connectivity index (χ4n) is 8.33. The maximum Gasteiger partial charge on any atom is 0.254 e. The molecule has 0 aliphatic carbocycles. The van der Waals surface area contributed by atoms with Crippen molar-refractivity contribution in [2.24, 2.45) is 16.1 Å². The quantitative estimate of drug-likeness (QED) is 0.0197. The van der Waals surface area contributed by atoms with Crippen LogP contribution in [0.25, 0.3) is 11.1 Å². The van der Waals surface area contributed by atoms with Crippen LogP contribution in [0.4, 0.5) is 8.78 Å². The minimum atomic E-state index is -1.87. The number of benzene rings is 2. The number of aliphatic imine (C=N–C) groups is 1. The summed E-state index contributed by atoms with van der Waals surface area (Å²) >= 11 is 0. The molecule has 0 radical (unpaired) electrons. The van der Waals surface area contributed by atoms with Crippen LogP contribution in [-0.2, 0) is 54.5 Å². The molecule has 23 nitrogen and oxygen atoms in total. The number of aromatic nitrogens is 1. The van der Waals surface area contributed by atoms with Gasteiger partial charge in [-0.15, -0.1) is 0 Å². The van der Waals surface area contributed by atoms with Crippen molar-refractivity contribution in [3.05, 3.63) is 120 Å². The van der Waals surface area contributed by atoms with Crippen LogP contribution in [-0.4, -0.2) is 154 Å². The number of halogens is 2. The van der Waals surface area contributed by atoms with Crippen LogP contribution in [0.1, 0.15) is 71.2 Å². The summed E-state index contributed by atoms with van der Waals surface area (Å²) in [5, 5.41) is 35.1. The Morgan fingerprint density at radius 2 is 1.46 bits per heavy atom. The van der Waals surface area contributed by atoms with Gasteiger partial charge < -0.3 is 57.3 Å². The zero-order valence-corrected chi connectivity index (χ0v) is 44.4. The molecule has 79 heavy (non-hydrogen) atoms. The first-order valence-electron chi connectivity index (χ1n) is 25.0. The van der Waals surface area contributed by atoms with Crippen molar-refractivity contribution in [1.29, 1.82) is 0 Å². The van der Waals surface area contributed by atoms with Gasteiger partial charge in [-0.05, 0) is 73.9 Å². The Hall–Kier alpha value is -8.71. The molecule has 0 fully saturated rings. The van der Waals surface area contributed by atoms with E-state index in [1.54, 1.807) is 62.7 Å². The van der Waals surface area contributed by atoms with E-state index in [4.69, 9.17) is 5.73 Å². The predicted octanol–water partition coefficient (Wildman–Crippen LogP) is 0.315. The molecule has 1 aliphatic heterocycles. The molecule has 10 N–H and O–H groups in total. The maximum absolute atomic E-state index is 15.4. The Morgan fingerprint density at radius 1 is 0.823 bits per heavy atom. The van der Waals surface area contributed by atoms with E-state index in [2.05, 4.69) is 43.6 Å². The van der Waals surface area contributed by atoms with Gasteiger partial charge in [-0.25, -0.2) is 8.78 Å². The number of carbonyl (C=O) groups is 10. The van der Waals surface area contributed by atoms with E-state index in [-0.39, 0.29) is 37.2 Å². The van der Waals surface area contributed by atoms with E-state index >= 15 is 4.39 Å². The highest BCUT2D eigenvalue weighted by atomic mass is 19.1. The third-order valence-corrected chi connectivity index (χ3v) is 12.2. The Kier molecular flexibility index (Phi) is 23.6. The molecular weight excluding hydrogens is 1030 g/mol. The fourth-order valence-corrected chi connectivity index (χ4v) is 8.33. The lowest BCUT2D eigenvalue weighted by molar-refractivity contribution is -0.141. The molecule has 424 valence electrons. The van der Waals surface area contributed by atoms with Gasteiger partial charge in [0.25, 0.3) is 11.8 Å². The van der Waals surface area contributed by atoms with Crippen molar-refractivity contribution < 1.29 is 66.9 Å². The molecule has 0 unspecified atom stereocenters. The second kappa shape index (κ2) is 29.7. The molecule has 0 saturated heterocycles. The van der Waals surface area contributed by atoms with Gasteiger partial charge in [-0.2, -0.15) is 0 Å². The zero-order chi connectivity index (χ0) is 58.6. The second-order valence-corrected chi connectivity index (χ2v) is 19.3.